The van der Waals surface area contributed by atoms with Gasteiger partial charge in [0.1, 0.15) is 5.52 Å². The van der Waals surface area contributed by atoms with E-state index in [1.54, 1.807) is 48.5 Å². The van der Waals surface area contributed by atoms with Crippen LogP contribution in [-0.4, -0.2) is 10.9 Å². The van der Waals surface area contributed by atoms with Gasteiger partial charge in [-0.2, -0.15) is 0 Å². The molecule has 27 heavy (non-hydrogen) atoms. The van der Waals surface area contributed by atoms with Gasteiger partial charge in [-0.25, -0.2) is 4.98 Å². The van der Waals surface area contributed by atoms with Crippen molar-refractivity contribution in [3.8, 4) is 11.5 Å². The third kappa shape index (κ3) is 3.86. The number of fused-ring (bicyclic) bond motifs is 1. The molecule has 4 nitrogen and oxygen atoms in total. The lowest BCUT2D eigenvalue weighted by Crippen LogP contribution is -2.11. The molecule has 0 atom stereocenters. The van der Waals surface area contributed by atoms with E-state index in [-0.39, 0.29) is 5.91 Å². The van der Waals surface area contributed by atoms with Crippen molar-refractivity contribution >= 4 is 61.8 Å². The van der Waals surface area contributed by atoms with Crippen LogP contribution in [0.2, 0.25) is 10.0 Å². The Labute approximate surface area is 173 Å². The molecule has 0 aliphatic carbocycles. The SMILES string of the molecule is O=C(Nc1ccc2oc(-c3ccc(Cl)c(Cl)c3)nc2c1)c1cccc(Br)c1. The van der Waals surface area contributed by atoms with Crippen LogP contribution in [0.15, 0.2) is 69.6 Å². The van der Waals surface area contributed by atoms with Gasteiger partial charge in [0.25, 0.3) is 5.91 Å². The van der Waals surface area contributed by atoms with Gasteiger partial charge < -0.3 is 9.73 Å². The first-order chi connectivity index (χ1) is 13.0. The average molecular weight is 462 g/mol. The van der Waals surface area contributed by atoms with Crippen molar-refractivity contribution in [3.63, 3.8) is 0 Å². The third-order valence-electron chi connectivity index (χ3n) is 3.90. The molecule has 0 aliphatic heterocycles. The van der Waals surface area contributed by atoms with E-state index in [0.29, 0.717) is 38.3 Å². The quantitative estimate of drug-likeness (QED) is 0.364. The minimum atomic E-state index is -0.205. The average Bonchev–Trinajstić information content (AvgIpc) is 3.07. The summed E-state index contributed by atoms with van der Waals surface area (Å²) in [4.78, 5) is 16.9. The summed E-state index contributed by atoms with van der Waals surface area (Å²) >= 11 is 15.4. The Bertz CT molecular complexity index is 1170. The molecule has 0 fully saturated rings. The van der Waals surface area contributed by atoms with E-state index in [2.05, 4.69) is 26.2 Å². The molecule has 0 unspecified atom stereocenters. The normalized spacial score (nSPS) is 10.9. The lowest BCUT2D eigenvalue weighted by molar-refractivity contribution is 0.102. The standard InChI is InChI=1S/C20H11BrCl2N2O2/c21-13-3-1-2-11(8-13)19(26)24-14-5-7-18-17(10-14)25-20(27-18)12-4-6-15(22)16(23)9-12/h1-10H,(H,24,26). The second-order valence-corrected chi connectivity index (χ2v) is 7.52. The molecular formula is C20H11BrCl2N2O2. The Balaban J connectivity index is 1.62. The number of nitrogens with one attached hydrogen (secondary N) is 1. The van der Waals surface area contributed by atoms with Crippen molar-refractivity contribution in [1.82, 2.24) is 4.98 Å². The van der Waals surface area contributed by atoms with Crippen LogP contribution in [0, 0.1) is 0 Å². The molecule has 4 rings (SSSR count). The van der Waals surface area contributed by atoms with E-state index in [9.17, 15) is 4.79 Å². The van der Waals surface area contributed by atoms with Gasteiger partial charge in [0, 0.05) is 21.3 Å². The number of halogens is 3. The Hall–Kier alpha value is -2.34. The molecule has 0 aliphatic rings. The maximum absolute atomic E-state index is 12.4. The van der Waals surface area contributed by atoms with Crippen molar-refractivity contribution in [2.45, 2.75) is 0 Å². The molecule has 0 spiro atoms. The number of carbonyl (C=O) groups is 1. The lowest BCUT2D eigenvalue weighted by atomic mass is 10.2. The van der Waals surface area contributed by atoms with Crippen molar-refractivity contribution in [3.05, 3.63) is 80.7 Å². The summed E-state index contributed by atoms with van der Waals surface area (Å²) in [6.07, 6.45) is 0. The summed E-state index contributed by atoms with van der Waals surface area (Å²) in [6, 6.07) is 17.6. The Morgan fingerprint density at radius 1 is 1.00 bits per heavy atom. The molecule has 3 aromatic carbocycles. The number of amides is 1. The number of anilines is 1. The molecular weight excluding hydrogens is 451 g/mol. The lowest BCUT2D eigenvalue weighted by Gasteiger charge is -2.05. The van der Waals surface area contributed by atoms with Crippen LogP contribution >= 0.6 is 39.1 Å². The summed E-state index contributed by atoms with van der Waals surface area (Å²) in [6.45, 7) is 0. The highest BCUT2D eigenvalue weighted by atomic mass is 79.9. The largest absolute Gasteiger partial charge is 0.436 e. The smallest absolute Gasteiger partial charge is 0.255 e. The number of oxazole rings is 1. The van der Waals surface area contributed by atoms with Gasteiger partial charge in [0.15, 0.2) is 5.58 Å². The summed E-state index contributed by atoms with van der Waals surface area (Å²) in [5.41, 5.74) is 3.14. The van der Waals surface area contributed by atoms with Crippen LogP contribution in [0.5, 0.6) is 0 Å². The van der Waals surface area contributed by atoms with Crippen LogP contribution in [0.3, 0.4) is 0 Å². The van der Waals surface area contributed by atoms with Crippen LogP contribution in [0.25, 0.3) is 22.6 Å². The van der Waals surface area contributed by atoms with E-state index in [1.165, 1.54) is 0 Å². The van der Waals surface area contributed by atoms with E-state index >= 15 is 0 Å². The monoisotopic (exact) mass is 460 g/mol. The number of aromatic nitrogens is 1. The molecule has 0 saturated carbocycles. The first kappa shape index (κ1) is 18.0. The predicted octanol–water partition coefficient (Wildman–Crippen LogP) is 6.82. The first-order valence-electron chi connectivity index (χ1n) is 7.92. The Morgan fingerprint density at radius 2 is 1.85 bits per heavy atom. The van der Waals surface area contributed by atoms with Crippen molar-refractivity contribution in [1.29, 1.82) is 0 Å². The minimum absolute atomic E-state index is 0.205. The van der Waals surface area contributed by atoms with Gasteiger partial charge in [-0.1, -0.05) is 45.2 Å². The second kappa shape index (κ2) is 7.35. The fraction of sp³-hybridized carbons (Fsp3) is 0. The fourth-order valence-corrected chi connectivity index (χ4v) is 3.29. The Kier molecular flexibility index (Phi) is 4.91. The highest BCUT2D eigenvalue weighted by molar-refractivity contribution is 9.10. The van der Waals surface area contributed by atoms with Crippen LogP contribution in [0.1, 0.15) is 10.4 Å². The highest BCUT2D eigenvalue weighted by Crippen LogP contribution is 2.31. The third-order valence-corrected chi connectivity index (χ3v) is 5.13. The van der Waals surface area contributed by atoms with Gasteiger partial charge in [0.05, 0.1) is 10.0 Å². The van der Waals surface area contributed by atoms with Crippen LogP contribution < -0.4 is 5.32 Å². The molecule has 0 saturated heterocycles. The summed E-state index contributed by atoms with van der Waals surface area (Å²) in [5, 5.41) is 3.76. The molecule has 1 N–H and O–H groups in total. The van der Waals surface area contributed by atoms with E-state index in [4.69, 9.17) is 27.6 Å². The molecule has 4 aromatic rings. The topological polar surface area (TPSA) is 55.1 Å². The zero-order chi connectivity index (χ0) is 19.0. The summed E-state index contributed by atoms with van der Waals surface area (Å²) < 4.78 is 6.62. The van der Waals surface area contributed by atoms with Gasteiger partial charge in [-0.15, -0.1) is 0 Å². The van der Waals surface area contributed by atoms with Crippen LogP contribution in [-0.2, 0) is 0 Å². The predicted molar refractivity (Wildman–Crippen MR) is 112 cm³/mol. The molecule has 134 valence electrons. The maximum Gasteiger partial charge on any atom is 0.255 e. The first-order valence-corrected chi connectivity index (χ1v) is 9.47. The summed E-state index contributed by atoms with van der Waals surface area (Å²) in [7, 11) is 0. The van der Waals surface area contributed by atoms with Gasteiger partial charge in [-0.05, 0) is 54.6 Å². The van der Waals surface area contributed by atoms with Gasteiger partial charge >= 0.3 is 0 Å². The molecule has 7 heteroatoms. The van der Waals surface area contributed by atoms with Crippen molar-refractivity contribution in [2.24, 2.45) is 0 Å². The van der Waals surface area contributed by atoms with E-state index in [0.717, 1.165) is 10.0 Å². The number of hydrogen-bond donors (Lipinski definition) is 1. The fourth-order valence-electron chi connectivity index (χ4n) is 2.59. The van der Waals surface area contributed by atoms with E-state index < -0.39 is 0 Å². The minimum Gasteiger partial charge on any atom is -0.436 e. The maximum atomic E-state index is 12.4. The van der Waals surface area contributed by atoms with Crippen LogP contribution in [0.4, 0.5) is 5.69 Å². The zero-order valence-corrected chi connectivity index (χ0v) is 16.8. The molecule has 1 aromatic heterocycles. The number of benzene rings is 3. The number of rotatable bonds is 3. The van der Waals surface area contributed by atoms with E-state index in [1.807, 2.05) is 12.1 Å². The van der Waals surface area contributed by atoms with Gasteiger partial charge in [-0.3, -0.25) is 4.79 Å². The molecule has 1 amide bonds. The Morgan fingerprint density at radius 3 is 2.63 bits per heavy atom. The molecule has 0 bridgehead atoms. The number of carbonyl (C=O) groups excluding carboxylic acids is 1. The highest BCUT2D eigenvalue weighted by Gasteiger charge is 2.12. The molecule has 1 heterocycles. The van der Waals surface area contributed by atoms with Gasteiger partial charge in [0.2, 0.25) is 5.89 Å². The zero-order valence-electron chi connectivity index (χ0n) is 13.7. The van der Waals surface area contributed by atoms with Crippen molar-refractivity contribution in [2.75, 3.05) is 5.32 Å². The number of nitrogens with zero attached hydrogens (tertiary/aromatic N) is 1. The summed E-state index contributed by atoms with van der Waals surface area (Å²) in [5.74, 6) is 0.225. The van der Waals surface area contributed by atoms with Crippen molar-refractivity contribution < 1.29 is 9.21 Å². The second-order valence-electron chi connectivity index (χ2n) is 5.79. The molecule has 0 radical (unpaired) electrons. The number of hydrogen-bond acceptors (Lipinski definition) is 3.